The number of benzene rings is 1. The van der Waals surface area contributed by atoms with E-state index in [1.807, 2.05) is 18.2 Å². The third kappa shape index (κ3) is 9.24. The summed E-state index contributed by atoms with van der Waals surface area (Å²) in [7, 11) is 0. The molecule has 3 heteroatoms. The van der Waals surface area contributed by atoms with Crippen molar-refractivity contribution in [3.8, 4) is 0 Å². The van der Waals surface area contributed by atoms with Gasteiger partial charge in [-0.3, -0.25) is 4.79 Å². The fourth-order valence-electron chi connectivity index (χ4n) is 2.75. The molecule has 1 aromatic carbocycles. The van der Waals surface area contributed by atoms with Gasteiger partial charge in [-0.15, -0.1) is 0 Å². The van der Waals surface area contributed by atoms with Gasteiger partial charge in [0.05, 0.1) is 5.92 Å². The van der Waals surface area contributed by atoms with Crippen molar-refractivity contribution < 1.29 is 9.90 Å². The Labute approximate surface area is 143 Å². The van der Waals surface area contributed by atoms with Gasteiger partial charge in [0.1, 0.15) is 0 Å². The molecule has 1 N–H and O–H groups in total. The topological polar surface area (TPSA) is 37.3 Å². The largest absolute Gasteiger partial charge is 0.481 e. The average molecular weight is 369 g/mol. The van der Waals surface area contributed by atoms with Crippen molar-refractivity contribution in [2.45, 2.75) is 64.2 Å². The summed E-state index contributed by atoms with van der Waals surface area (Å²) in [5, 5.41) is 10.5. The highest BCUT2D eigenvalue weighted by Gasteiger charge is 2.16. The predicted molar refractivity (Wildman–Crippen MR) is 96.6 cm³/mol. The van der Waals surface area contributed by atoms with Crippen molar-refractivity contribution in [2.75, 3.05) is 5.33 Å². The quantitative estimate of drug-likeness (QED) is 0.351. The third-order valence-electron chi connectivity index (χ3n) is 4.16. The van der Waals surface area contributed by atoms with Gasteiger partial charge in [0.15, 0.2) is 0 Å². The lowest BCUT2D eigenvalue weighted by molar-refractivity contribution is -0.142. The van der Waals surface area contributed by atoms with Crippen LogP contribution in [0.3, 0.4) is 0 Å². The summed E-state index contributed by atoms with van der Waals surface area (Å²) >= 11 is 3.45. The molecule has 124 valence electrons. The standard InChI is InChI=1S/C19H29BrO2/c20-16-10-5-3-1-2-4-9-13-18(19(21)22)15-14-17-11-7-6-8-12-17/h6-8,11-12,18H,1-5,9-10,13-16H2,(H,21,22). The zero-order chi connectivity index (χ0) is 16.0. The Morgan fingerprint density at radius 3 is 2.09 bits per heavy atom. The van der Waals surface area contributed by atoms with E-state index in [0.717, 1.165) is 31.0 Å². The van der Waals surface area contributed by atoms with Crippen LogP contribution in [0.25, 0.3) is 0 Å². The van der Waals surface area contributed by atoms with Crippen molar-refractivity contribution >= 4 is 21.9 Å². The molecule has 0 saturated carbocycles. The van der Waals surface area contributed by atoms with Crippen LogP contribution in [0.15, 0.2) is 30.3 Å². The van der Waals surface area contributed by atoms with Crippen molar-refractivity contribution in [1.29, 1.82) is 0 Å². The van der Waals surface area contributed by atoms with Crippen LogP contribution >= 0.6 is 15.9 Å². The van der Waals surface area contributed by atoms with E-state index in [1.54, 1.807) is 0 Å². The second-order valence-electron chi connectivity index (χ2n) is 6.01. The summed E-state index contributed by atoms with van der Waals surface area (Å²) in [5.74, 6) is -0.818. The molecule has 1 atom stereocenters. The van der Waals surface area contributed by atoms with Gasteiger partial charge in [-0.1, -0.05) is 84.8 Å². The van der Waals surface area contributed by atoms with E-state index < -0.39 is 5.97 Å². The third-order valence-corrected chi connectivity index (χ3v) is 4.72. The molecule has 0 radical (unpaired) electrons. The second kappa shape index (κ2) is 12.7. The van der Waals surface area contributed by atoms with E-state index in [2.05, 4.69) is 28.1 Å². The van der Waals surface area contributed by atoms with Crippen LogP contribution in [-0.4, -0.2) is 16.4 Å². The summed E-state index contributed by atoms with van der Waals surface area (Å²) in [4.78, 5) is 11.4. The van der Waals surface area contributed by atoms with Gasteiger partial charge < -0.3 is 5.11 Å². The number of carboxylic acid groups (broad SMARTS) is 1. The molecule has 22 heavy (non-hydrogen) atoms. The van der Waals surface area contributed by atoms with Crippen LogP contribution in [0.2, 0.25) is 0 Å². The van der Waals surface area contributed by atoms with Gasteiger partial charge in [0.25, 0.3) is 0 Å². The molecule has 0 aliphatic rings. The van der Waals surface area contributed by atoms with Crippen LogP contribution in [0, 0.1) is 5.92 Å². The number of aryl methyl sites for hydroxylation is 1. The number of hydrogen-bond donors (Lipinski definition) is 1. The summed E-state index contributed by atoms with van der Waals surface area (Å²) < 4.78 is 0. The molecule has 0 aliphatic carbocycles. The van der Waals surface area contributed by atoms with Gasteiger partial charge in [0.2, 0.25) is 0 Å². The minimum Gasteiger partial charge on any atom is -0.481 e. The number of alkyl halides is 1. The smallest absolute Gasteiger partial charge is 0.306 e. The highest BCUT2D eigenvalue weighted by atomic mass is 79.9. The van der Waals surface area contributed by atoms with Crippen LogP contribution in [0.5, 0.6) is 0 Å². The van der Waals surface area contributed by atoms with Crippen LogP contribution in [0.4, 0.5) is 0 Å². The van der Waals surface area contributed by atoms with Gasteiger partial charge in [0, 0.05) is 5.33 Å². The number of rotatable bonds is 13. The van der Waals surface area contributed by atoms with Crippen LogP contribution < -0.4 is 0 Å². The van der Waals surface area contributed by atoms with E-state index in [1.165, 1.54) is 44.1 Å². The minimum absolute atomic E-state index is 0.186. The molecule has 0 saturated heterocycles. The Hall–Kier alpha value is -0.830. The van der Waals surface area contributed by atoms with E-state index in [9.17, 15) is 9.90 Å². The zero-order valence-electron chi connectivity index (χ0n) is 13.5. The maximum absolute atomic E-state index is 11.4. The van der Waals surface area contributed by atoms with E-state index >= 15 is 0 Å². The van der Waals surface area contributed by atoms with E-state index in [0.29, 0.717) is 0 Å². The first kappa shape index (κ1) is 19.2. The molecular formula is C19H29BrO2. The van der Waals surface area contributed by atoms with Crippen LogP contribution in [0.1, 0.15) is 63.4 Å². The lowest BCUT2D eigenvalue weighted by Gasteiger charge is -2.12. The maximum atomic E-state index is 11.4. The first-order chi connectivity index (χ1) is 10.7. The van der Waals surface area contributed by atoms with Crippen molar-refractivity contribution in [1.82, 2.24) is 0 Å². The summed E-state index contributed by atoms with van der Waals surface area (Å²) in [6.45, 7) is 0. The van der Waals surface area contributed by atoms with Gasteiger partial charge in [-0.25, -0.2) is 0 Å². The van der Waals surface area contributed by atoms with Crippen LogP contribution in [-0.2, 0) is 11.2 Å². The molecule has 0 amide bonds. The number of halogens is 1. The molecule has 0 fully saturated rings. The molecule has 0 bridgehead atoms. The molecular weight excluding hydrogens is 340 g/mol. The summed E-state index contributed by atoms with van der Waals surface area (Å²) in [5.41, 5.74) is 1.24. The Bertz CT molecular complexity index is 392. The number of carboxylic acids is 1. The van der Waals surface area contributed by atoms with Gasteiger partial charge in [-0.2, -0.15) is 0 Å². The first-order valence-electron chi connectivity index (χ1n) is 8.56. The second-order valence-corrected chi connectivity index (χ2v) is 6.80. The lowest BCUT2D eigenvalue weighted by Crippen LogP contribution is -2.14. The molecule has 0 heterocycles. The number of unbranched alkanes of at least 4 members (excludes halogenated alkanes) is 6. The molecule has 0 aromatic heterocycles. The average Bonchev–Trinajstić information content (AvgIpc) is 2.53. The Balaban J connectivity index is 2.12. The Morgan fingerprint density at radius 1 is 0.909 bits per heavy atom. The SMILES string of the molecule is O=C(O)C(CCCCCCCCCBr)CCc1ccccc1. The van der Waals surface area contributed by atoms with Crippen molar-refractivity contribution in [2.24, 2.45) is 5.92 Å². The summed E-state index contributed by atoms with van der Waals surface area (Å²) in [6, 6.07) is 10.2. The minimum atomic E-state index is -0.631. The number of hydrogen-bond acceptors (Lipinski definition) is 1. The van der Waals surface area contributed by atoms with Crippen molar-refractivity contribution in [3.63, 3.8) is 0 Å². The number of aliphatic carboxylic acids is 1. The number of carbonyl (C=O) groups is 1. The highest BCUT2D eigenvalue weighted by Crippen LogP contribution is 2.18. The fraction of sp³-hybridized carbons (Fsp3) is 0.632. The fourth-order valence-corrected chi connectivity index (χ4v) is 3.14. The van der Waals surface area contributed by atoms with E-state index in [4.69, 9.17) is 0 Å². The lowest BCUT2D eigenvalue weighted by atomic mass is 9.94. The van der Waals surface area contributed by atoms with E-state index in [-0.39, 0.29) is 5.92 Å². The first-order valence-corrected chi connectivity index (χ1v) is 9.69. The zero-order valence-corrected chi connectivity index (χ0v) is 15.1. The molecule has 1 rings (SSSR count). The highest BCUT2D eigenvalue weighted by molar-refractivity contribution is 9.09. The summed E-state index contributed by atoms with van der Waals surface area (Å²) in [6.07, 6.45) is 11.1. The molecule has 2 nitrogen and oxygen atoms in total. The van der Waals surface area contributed by atoms with Gasteiger partial charge >= 0.3 is 5.97 Å². The van der Waals surface area contributed by atoms with Crippen molar-refractivity contribution in [3.05, 3.63) is 35.9 Å². The predicted octanol–water partition coefficient (Wildman–Crippen LogP) is 5.84. The maximum Gasteiger partial charge on any atom is 0.306 e. The monoisotopic (exact) mass is 368 g/mol. The molecule has 1 aromatic rings. The normalized spacial score (nSPS) is 12.2. The molecule has 1 unspecified atom stereocenters. The Morgan fingerprint density at radius 2 is 1.50 bits per heavy atom. The molecule has 0 aliphatic heterocycles. The van der Waals surface area contributed by atoms with Gasteiger partial charge in [-0.05, 0) is 31.2 Å². The molecule has 0 spiro atoms. The Kier molecular flexibility index (Phi) is 11.1.